The van der Waals surface area contributed by atoms with Gasteiger partial charge in [-0.15, -0.1) is 11.3 Å². The van der Waals surface area contributed by atoms with E-state index in [1.807, 2.05) is 49.6 Å². The molecule has 1 unspecified atom stereocenters. The number of rotatable bonds is 4. The molecule has 0 spiro atoms. The van der Waals surface area contributed by atoms with Crippen LogP contribution in [0.4, 0.5) is 0 Å². The number of hydrogen-bond donors (Lipinski definition) is 1. The minimum absolute atomic E-state index is 0.144. The predicted octanol–water partition coefficient (Wildman–Crippen LogP) is 4.35. The van der Waals surface area contributed by atoms with Crippen molar-refractivity contribution in [3.8, 4) is 5.75 Å². The normalized spacial score (nSPS) is 12.7. The molecular weight excluding hydrogens is 310 g/mol. The highest BCUT2D eigenvalue weighted by molar-refractivity contribution is 9.10. The molecule has 0 aliphatic carbocycles. The minimum Gasteiger partial charge on any atom is -0.491 e. The van der Waals surface area contributed by atoms with Gasteiger partial charge < -0.3 is 10.5 Å². The van der Waals surface area contributed by atoms with Gasteiger partial charge in [0.05, 0.1) is 12.1 Å². The molecule has 2 N–H and O–H groups in total. The molecule has 4 heteroatoms. The van der Waals surface area contributed by atoms with Crippen LogP contribution in [0.3, 0.4) is 0 Å². The minimum atomic E-state index is -0.158. The van der Waals surface area contributed by atoms with E-state index < -0.39 is 0 Å². The number of hydrogen-bond acceptors (Lipinski definition) is 3. The molecule has 0 fully saturated rings. The molecule has 2 nitrogen and oxygen atoms in total. The standard InChI is InChI=1S/C14H16BrNOS/c1-9(2)17-12-6-4-3-5-10(12)13(16)14-11(15)7-8-18-14/h3-9,13H,16H2,1-2H3. The molecule has 1 atom stereocenters. The molecule has 0 bridgehead atoms. The van der Waals surface area contributed by atoms with Crippen molar-refractivity contribution in [2.24, 2.45) is 5.73 Å². The molecule has 96 valence electrons. The zero-order valence-electron chi connectivity index (χ0n) is 10.4. The van der Waals surface area contributed by atoms with E-state index in [9.17, 15) is 0 Å². The second-order valence-electron chi connectivity index (χ2n) is 4.31. The van der Waals surface area contributed by atoms with Crippen molar-refractivity contribution in [1.29, 1.82) is 0 Å². The highest BCUT2D eigenvalue weighted by atomic mass is 79.9. The summed E-state index contributed by atoms with van der Waals surface area (Å²) in [5.74, 6) is 0.861. The van der Waals surface area contributed by atoms with Gasteiger partial charge in [0, 0.05) is 14.9 Å². The van der Waals surface area contributed by atoms with Crippen LogP contribution in [-0.4, -0.2) is 6.10 Å². The van der Waals surface area contributed by atoms with Gasteiger partial charge in [-0.25, -0.2) is 0 Å². The van der Waals surface area contributed by atoms with Crippen molar-refractivity contribution >= 4 is 27.3 Å². The SMILES string of the molecule is CC(C)Oc1ccccc1C(N)c1sccc1Br. The lowest BCUT2D eigenvalue weighted by atomic mass is 10.1. The highest BCUT2D eigenvalue weighted by Gasteiger charge is 2.17. The van der Waals surface area contributed by atoms with Gasteiger partial charge >= 0.3 is 0 Å². The quantitative estimate of drug-likeness (QED) is 0.907. The third kappa shape index (κ3) is 2.94. The van der Waals surface area contributed by atoms with Gasteiger partial charge in [-0.1, -0.05) is 18.2 Å². The summed E-state index contributed by atoms with van der Waals surface area (Å²) in [6, 6.07) is 9.81. The summed E-state index contributed by atoms with van der Waals surface area (Å²) in [5.41, 5.74) is 7.36. The van der Waals surface area contributed by atoms with Crippen molar-refractivity contribution in [3.63, 3.8) is 0 Å². The Hall–Kier alpha value is -0.840. The molecule has 0 amide bonds. The van der Waals surface area contributed by atoms with E-state index in [1.54, 1.807) is 11.3 Å². The van der Waals surface area contributed by atoms with Gasteiger partial charge in [0.25, 0.3) is 0 Å². The summed E-state index contributed by atoms with van der Waals surface area (Å²) in [7, 11) is 0. The summed E-state index contributed by atoms with van der Waals surface area (Å²) < 4.78 is 6.87. The summed E-state index contributed by atoms with van der Waals surface area (Å²) in [6.07, 6.45) is 0.144. The Bertz CT molecular complexity index is 524. The first-order chi connectivity index (χ1) is 8.59. The maximum Gasteiger partial charge on any atom is 0.124 e. The van der Waals surface area contributed by atoms with Crippen LogP contribution in [-0.2, 0) is 0 Å². The first-order valence-electron chi connectivity index (χ1n) is 5.83. The average Bonchev–Trinajstić information content (AvgIpc) is 2.74. The fourth-order valence-electron chi connectivity index (χ4n) is 1.77. The summed E-state index contributed by atoms with van der Waals surface area (Å²) in [6.45, 7) is 4.03. The Labute approximate surface area is 120 Å². The smallest absolute Gasteiger partial charge is 0.124 e. The first kappa shape index (κ1) is 13.6. The topological polar surface area (TPSA) is 35.2 Å². The molecule has 2 aromatic rings. The van der Waals surface area contributed by atoms with Crippen LogP contribution in [0.15, 0.2) is 40.2 Å². The van der Waals surface area contributed by atoms with Crippen molar-refractivity contribution in [2.75, 3.05) is 0 Å². The molecular formula is C14H16BrNOS. The Morgan fingerprint density at radius 3 is 2.56 bits per heavy atom. The van der Waals surface area contributed by atoms with Crippen molar-refractivity contribution in [2.45, 2.75) is 26.0 Å². The first-order valence-corrected chi connectivity index (χ1v) is 7.51. The van der Waals surface area contributed by atoms with E-state index in [1.165, 1.54) is 0 Å². The summed E-state index contributed by atoms with van der Waals surface area (Å²) in [4.78, 5) is 1.12. The summed E-state index contributed by atoms with van der Waals surface area (Å²) >= 11 is 5.18. The van der Waals surface area contributed by atoms with Crippen LogP contribution in [0.2, 0.25) is 0 Å². The Kier molecular flexibility index (Phi) is 4.43. The van der Waals surface area contributed by atoms with E-state index in [0.29, 0.717) is 0 Å². The fourth-order valence-corrected chi connectivity index (χ4v) is 3.41. The Balaban J connectivity index is 2.36. The molecule has 1 heterocycles. The molecule has 1 aromatic heterocycles. The second kappa shape index (κ2) is 5.87. The van der Waals surface area contributed by atoms with Crippen LogP contribution >= 0.6 is 27.3 Å². The molecule has 0 aliphatic rings. The van der Waals surface area contributed by atoms with Crippen LogP contribution in [0, 0.1) is 0 Å². The van der Waals surface area contributed by atoms with Crippen LogP contribution < -0.4 is 10.5 Å². The third-order valence-electron chi connectivity index (χ3n) is 2.54. The largest absolute Gasteiger partial charge is 0.491 e. The van der Waals surface area contributed by atoms with E-state index in [2.05, 4.69) is 15.9 Å². The zero-order valence-corrected chi connectivity index (χ0v) is 12.8. The van der Waals surface area contributed by atoms with Crippen LogP contribution in [0.25, 0.3) is 0 Å². The van der Waals surface area contributed by atoms with E-state index in [4.69, 9.17) is 10.5 Å². The molecule has 0 saturated carbocycles. The van der Waals surface area contributed by atoms with Crippen LogP contribution in [0.1, 0.15) is 30.3 Å². The molecule has 2 rings (SSSR count). The number of thiophene rings is 1. The van der Waals surface area contributed by atoms with E-state index >= 15 is 0 Å². The van der Waals surface area contributed by atoms with Gasteiger partial charge in [-0.2, -0.15) is 0 Å². The molecule has 0 aliphatic heterocycles. The zero-order chi connectivity index (χ0) is 13.1. The van der Waals surface area contributed by atoms with Gasteiger partial charge in [-0.05, 0) is 47.3 Å². The molecule has 18 heavy (non-hydrogen) atoms. The molecule has 1 aromatic carbocycles. The van der Waals surface area contributed by atoms with Gasteiger partial charge in [-0.3, -0.25) is 0 Å². The Morgan fingerprint density at radius 1 is 1.22 bits per heavy atom. The van der Waals surface area contributed by atoms with Gasteiger partial charge in [0.15, 0.2) is 0 Å². The lowest BCUT2D eigenvalue weighted by Crippen LogP contribution is -2.14. The van der Waals surface area contributed by atoms with E-state index in [-0.39, 0.29) is 12.1 Å². The molecule has 0 saturated heterocycles. The van der Waals surface area contributed by atoms with Crippen molar-refractivity contribution < 1.29 is 4.74 Å². The highest BCUT2D eigenvalue weighted by Crippen LogP contribution is 2.35. The predicted molar refractivity (Wildman–Crippen MR) is 80.3 cm³/mol. The van der Waals surface area contributed by atoms with Crippen molar-refractivity contribution in [1.82, 2.24) is 0 Å². The second-order valence-corrected chi connectivity index (χ2v) is 6.12. The number of nitrogens with two attached hydrogens (primary N) is 1. The fraction of sp³-hybridized carbons (Fsp3) is 0.286. The Morgan fingerprint density at radius 2 is 1.94 bits per heavy atom. The number of para-hydroxylation sites is 1. The van der Waals surface area contributed by atoms with Crippen molar-refractivity contribution in [3.05, 3.63) is 50.6 Å². The number of ether oxygens (including phenoxy) is 1. The number of benzene rings is 1. The van der Waals surface area contributed by atoms with Crippen LogP contribution in [0.5, 0.6) is 5.75 Å². The number of halogens is 1. The maximum absolute atomic E-state index is 6.34. The molecule has 0 radical (unpaired) electrons. The average molecular weight is 326 g/mol. The lowest BCUT2D eigenvalue weighted by molar-refractivity contribution is 0.239. The monoisotopic (exact) mass is 325 g/mol. The van der Waals surface area contributed by atoms with E-state index in [0.717, 1.165) is 20.7 Å². The maximum atomic E-state index is 6.34. The third-order valence-corrected chi connectivity index (χ3v) is 4.50. The van der Waals surface area contributed by atoms with Gasteiger partial charge in [0.1, 0.15) is 5.75 Å². The van der Waals surface area contributed by atoms with Gasteiger partial charge in [0.2, 0.25) is 0 Å². The summed E-state index contributed by atoms with van der Waals surface area (Å²) in [5, 5.41) is 2.03. The lowest BCUT2D eigenvalue weighted by Gasteiger charge is -2.18.